The Morgan fingerprint density at radius 2 is 1.85 bits per heavy atom. The number of amides is 1. The minimum atomic E-state index is -0.197. The number of aryl methyl sites for hydroxylation is 4. The number of rotatable bonds is 11. The van der Waals surface area contributed by atoms with Crippen molar-refractivity contribution in [1.82, 2.24) is 19.7 Å². The van der Waals surface area contributed by atoms with Gasteiger partial charge in [0.05, 0.1) is 30.8 Å². The molecule has 0 atom stereocenters. The van der Waals surface area contributed by atoms with Crippen LogP contribution in [-0.2, 0) is 37.5 Å². The van der Waals surface area contributed by atoms with Gasteiger partial charge in [0.15, 0.2) is 5.69 Å². The van der Waals surface area contributed by atoms with Crippen LogP contribution in [0.2, 0.25) is 0 Å². The van der Waals surface area contributed by atoms with E-state index in [4.69, 9.17) is 14.5 Å². The van der Waals surface area contributed by atoms with Crippen LogP contribution < -0.4 is 20.7 Å². The van der Waals surface area contributed by atoms with E-state index in [1.165, 1.54) is 0 Å². The molecule has 2 heterocycles. The second kappa shape index (κ2) is 12.4. The number of para-hydroxylation sites is 1. The molecule has 41 heavy (non-hydrogen) atoms. The maximum atomic E-state index is 13.6. The van der Waals surface area contributed by atoms with Gasteiger partial charge in [-0.3, -0.25) is 9.48 Å². The molecule has 0 fully saturated rings. The number of hydrogen-bond acceptors (Lipinski definition) is 8. The van der Waals surface area contributed by atoms with E-state index in [-0.39, 0.29) is 5.91 Å². The molecule has 0 saturated heterocycles. The molecule has 0 unspecified atom stereocenters. The normalized spacial score (nSPS) is 11.9. The summed E-state index contributed by atoms with van der Waals surface area (Å²) >= 11 is 0. The van der Waals surface area contributed by atoms with Crippen LogP contribution >= 0.6 is 0 Å². The number of nitrogens with one attached hydrogen (secondary N) is 3. The summed E-state index contributed by atoms with van der Waals surface area (Å²) in [6, 6.07) is 12.0. The SMILES string of the molecule is CCc1cccc(CC)c1NC(=O)c1nn(C)c2c1CCc1cnc(Nc3ccc(NCCOC)cc3OC)nc1-2. The average Bonchev–Trinajstić information content (AvgIpc) is 3.34. The number of nitrogens with zero attached hydrogens (tertiary/aromatic N) is 4. The molecule has 3 N–H and O–H groups in total. The highest BCUT2D eigenvalue weighted by Gasteiger charge is 2.29. The number of carbonyl (C=O) groups excluding carboxylic acids is 1. The first kappa shape index (κ1) is 28.1. The maximum absolute atomic E-state index is 13.6. The lowest BCUT2D eigenvalue weighted by Gasteiger charge is -2.18. The van der Waals surface area contributed by atoms with Gasteiger partial charge in [0.2, 0.25) is 5.95 Å². The summed E-state index contributed by atoms with van der Waals surface area (Å²) in [5.41, 5.74) is 8.76. The summed E-state index contributed by atoms with van der Waals surface area (Å²) in [6.45, 7) is 5.49. The molecule has 10 nitrogen and oxygen atoms in total. The fourth-order valence-corrected chi connectivity index (χ4v) is 5.30. The molecule has 10 heteroatoms. The fraction of sp³-hybridized carbons (Fsp3) is 0.355. The zero-order valence-corrected chi connectivity index (χ0v) is 24.3. The van der Waals surface area contributed by atoms with Crippen LogP contribution in [0.25, 0.3) is 11.4 Å². The summed E-state index contributed by atoms with van der Waals surface area (Å²) in [7, 11) is 5.16. The second-order valence-corrected chi connectivity index (χ2v) is 9.94. The van der Waals surface area contributed by atoms with E-state index in [9.17, 15) is 4.79 Å². The third-order valence-electron chi connectivity index (χ3n) is 7.41. The van der Waals surface area contributed by atoms with Gasteiger partial charge < -0.3 is 25.4 Å². The molecule has 5 rings (SSSR count). The lowest BCUT2D eigenvalue weighted by atomic mass is 9.93. The highest BCUT2D eigenvalue weighted by Crippen LogP contribution is 2.36. The summed E-state index contributed by atoms with van der Waals surface area (Å²) in [5, 5.41) is 14.4. The van der Waals surface area contributed by atoms with E-state index < -0.39 is 0 Å². The molecule has 1 aliphatic carbocycles. The monoisotopic (exact) mass is 555 g/mol. The Morgan fingerprint density at radius 1 is 1.07 bits per heavy atom. The van der Waals surface area contributed by atoms with E-state index in [1.807, 2.05) is 37.5 Å². The Kier molecular flexibility index (Phi) is 8.49. The molecule has 1 aliphatic rings. The van der Waals surface area contributed by atoms with Gasteiger partial charge in [0.1, 0.15) is 5.75 Å². The van der Waals surface area contributed by atoms with Gasteiger partial charge in [0, 0.05) is 49.9 Å². The van der Waals surface area contributed by atoms with Crippen LogP contribution in [0.1, 0.15) is 46.6 Å². The lowest BCUT2D eigenvalue weighted by molar-refractivity contribution is 0.102. The van der Waals surface area contributed by atoms with Crippen LogP contribution in [0, 0.1) is 0 Å². The molecule has 0 radical (unpaired) electrons. The Hall–Kier alpha value is -4.44. The number of hydrogen-bond donors (Lipinski definition) is 3. The minimum Gasteiger partial charge on any atom is -0.494 e. The molecular formula is C31H37N7O3. The predicted molar refractivity (Wildman–Crippen MR) is 161 cm³/mol. The molecule has 0 spiro atoms. The summed E-state index contributed by atoms with van der Waals surface area (Å²) in [6.07, 6.45) is 4.93. The van der Waals surface area contributed by atoms with Crippen molar-refractivity contribution in [1.29, 1.82) is 0 Å². The standard InChI is InChI=1S/C31H37N7O3/c1-6-19-9-8-10-20(7-2)26(19)35-30(39)28-23-13-11-21-18-33-31(36-27(21)29(23)38(3)37-28)34-24-14-12-22(17-25(24)41-5)32-15-16-40-4/h8-10,12,14,17-18,32H,6-7,11,13,15-16H2,1-5H3,(H,35,39)(H,33,34,36). The summed E-state index contributed by atoms with van der Waals surface area (Å²) in [4.78, 5) is 23.0. The third kappa shape index (κ3) is 5.74. The number of carbonyl (C=O) groups is 1. The summed E-state index contributed by atoms with van der Waals surface area (Å²) < 4.78 is 12.5. The van der Waals surface area contributed by atoms with Crippen molar-refractivity contribution in [3.05, 3.63) is 70.5 Å². The second-order valence-electron chi connectivity index (χ2n) is 9.94. The quantitative estimate of drug-likeness (QED) is 0.217. The summed E-state index contributed by atoms with van der Waals surface area (Å²) in [5.74, 6) is 0.900. The first-order valence-corrected chi connectivity index (χ1v) is 14.0. The van der Waals surface area contributed by atoms with Crippen LogP contribution in [0.3, 0.4) is 0 Å². The average molecular weight is 556 g/mol. The molecule has 0 bridgehead atoms. The topological polar surface area (TPSA) is 115 Å². The van der Waals surface area contributed by atoms with Gasteiger partial charge in [-0.15, -0.1) is 0 Å². The number of benzene rings is 2. The number of methoxy groups -OCH3 is 2. The van der Waals surface area contributed by atoms with Crippen molar-refractivity contribution in [2.75, 3.05) is 43.3 Å². The van der Waals surface area contributed by atoms with Gasteiger partial charge in [-0.2, -0.15) is 5.10 Å². The van der Waals surface area contributed by atoms with E-state index in [1.54, 1.807) is 18.9 Å². The molecule has 2 aromatic heterocycles. The third-order valence-corrected chi connectivity index (χ3v) is 7.41. The van der Waals surface area contributed by atoms with Gasteiger partial charge in [0.25, 0.3) is 5.91 Å². The number of ether oxygens (including phenoxy) is 2. The van der Waals surface area contributed by atoms with Crippen molar-refractivity contribution >= 4 is 28.9 Å². The molecule has 214 valence electrons. The Morgan fingerprint density at radius 3 is 2.56 bits per heavy atom. The molecule has 4 aromatic rings. The van der Waals surface area contributed by atoms with Gasteiger partial charge in [-0.1, -0.05) is 32.0 Å². The van der Waals surface area contributed by atoms with Crippen molar-refractivity contribution in [2.24, 2.45) is 7.05 Å². The van der Waals surface area contributed by atoms with Crippen molar-refractivity contribution in [3.63, 3.8) is 0 Å². The number of fused-ring (bicyclic) bond motifs is 3. The maximum Gasteiger partial charge on any atom is 0.276 e. The zero-order valence-electron chi connectivity index (χ0n) is 24.3. The van der Waals surface area contributed by atoms with Crippen LogP contribution in [0.4, 0.5) is 23.0 Å². The highest BCUT2D eigenvalue weighted by atomic mass is 16.5. The fourth-order valence-electron chi connectivity index (χ4n) is 5.30. The Bertz CT molecular complexity index is 1540. The van der Waals surface area contributed by atoms with Gasteiger partial charge in [-0.05, 0) is 54.5 Å². The number of aromatic nitrogens is 4. The first-order valence-electron chi connectivity index (χ1n) is 14.0. The Balaban J connectivity index is 1.43. The lowest BCUT2D eigenvalue weighted by Crippen LogP contribution is -2.18. The van der Waals surface area contributed by atoms with E-state index in [0.717, 1.165) is 70.0 Å². The van der Waals surface area contributed by atoms with Crippen molar-refractivity contribution < 1.29 is 14.3 Å². The molecule has 0 saturated carbocycles. The van der Waals surface area contributed by atoms with Crippen LogP contribution in [0.5, 0.6) is 5.75 Å². The molecule has 0 aliphatic heterocycles. The van der Waals surface area contributed by atoms with E-state index in [0.29, 0.717) is 37.0 Å². The van der Waals surface area contributed by atoms with E-state index >= 15 is 0 Å². The van der Waals surface area contributed by atoms with Crippen molar-refractivity contribution in [2.45, 2.75) is 39.5 Å². The van der Waals surface area contributed by atoms with Gasteiger partial charge >= 0.3 is 0 Å². The van der Waals surface area contributed by atoms with Gasteiger partial charge in [-0.25, -0.2) is 9.97 Å². The van der Waals surface area contributed by atoms with E-state index in [2.05, 4.69) is 52.0 Å². The van der Waals surface area contributed by atoms with Crippen LogP contribution in [0.15, 0.2) is 42.6 Å². The number of anilines is 4. The first-order chi connectivity index (χ1) is 20.0. The largest absolute Gasteiger partial charge is 0.494 e. The minimum absolute atomic E-state index is 0.197. The van der Waals surface area contributed by atoms with Crippen molar-refractivity contribution in [3.8, 4) is 17.1 Å². The van der Waals surface area contributed by atoms with Crippen LogP contribution in [-0.4, -0.2) is 53.0 Å². The zero-order chi connectivity index (χ0) is 28.9. The smallest absolute Gasteiger partial charge is 0.276 e. The molecular weight excluding hydrogens is 518 g/mol. The Labute approximate surface area is 240 Å². The molecule has 1 amide bonds. The molecule has 2 aromatic carbocycles. The predicted octanol–water partition coefficient (Wildman–Crippen LogP) is 5.16. The highest BCUT2D eigenvalue weighted by molar-refractivity contribution is 6.06.